The molecule has 1 heterocycles. The minimum absolute atomic E-state index is 0.173. The van der Waals surface area contributed by atoms with Crippen LogP contribution < -0.4 is 5.43 Å². The Labute approximate surface area is 155 Å². The summed E-state index contributed by atoms with van der Waals surface area (Å²) in [4.78, 5) is 12.0. The lowest BCUT2D eigenvalue weighted by molar-refractivity contribution is -0.110. The number of thioether (sulfide) groups is 1. The number of aryl methyl sites for hydroxylation is 2. The van der Waals surface area contributed by atoms with Gasteiger partial charge in [-0.3, -0.25) is 10.2 Å². The Morgan fingerprint density at radius 2 is 1.65 bits per heavy atom. The number of carbonyl (C=O) groups is 1. The Balaban J connectivity index is 1.82. The Morgan fingerprint density at radius 3 is 2.27 bits per heavy atom. The van der Waals surface area contributed by atoms with Crippen LogP contribution in [0.1, 0.15) is 18.1 Å². The number of hydrogen-bond acceptors (Lipinski definition) is 7. The molecule has 26 heavy (non-hydrogen) atoms. The van der Waals surface area contributed by atoms with Crippen LogP contribution in [0.5, 0.6) is 0 Å². The molecule has 1 N–H and O–H groups in total. The van der Waals surface area contributed by atoms with E-state index in [1.54, 1.807) is 4.68 Å². The Kier molecular flexibility index (Phi) is 5.43. The standard InChI is InChI=1S/C18H18N6OS/c1-12-4-8-15(9-5-12)19-20-17(14(3)25)26-18-21-22-23-24(18)16-10-6-13(2)7-11-16/h4-11,19H,1-3H3/b20-17-. The van der Waals surface area contributed by atoms with Crippen molar-refractivity contribution in [3.63, 3.8) is 0 Å². The molecule has 0 bridgehead atoms. The van der Waals surface area contributed by atoms with Crippen LogP contribution in [-0.4, -0.2) is 31.0 Å². The molecule has 0 aliphatic carbocycles. The molecule has 0 aliphatic heterocycles. The van der Waals surface area contributed by atoms with Crippen molar-refractivity contribution in [1.29, 1.82) is 0 Å². The van der Waals surface area contributed by atoms with Crippen molar-refractivity contribution in [3.8, 4) is 5.69 Å². The summed E-state index contributed by atoms with van der Waals surface area (Å²) in [5, 5.41) is 16.7. The summed E-state index contributed by atoms with van der Waals surface area (Å²) in [5.41, 5.74) is 6.81. The molecule has 1 aromatic heterocycles. The molecule has 132 valence electrons. The highest BCUT2D eigenvalue weighted by molar-refractivity contribution is 8.15. The highest BCUT2D eigenvalue weighted by atomic mass is 32.2. The fourth-order valence-corrected chi connectivity index (χ4v) is 2.81. The van der Waals surface area contributed by atoms with E-state index in [2.05, 4.69) is 26.1 Å². The number of rotatable bonds is 5. The van der Waals surface area contributed by atoms with Gasteiger partial charge in [0.15, 0.2) is 10.8 Å². The van der Waals surface area contributed by atoms with Gasteiger partial charge in [0, 0.05) is 6.92 Å². The van der Waals surface area contributed by atoms with Gasteiger partial charge in [0.25, 0.3) is 0 Å². The number of ketones is 1. The third-order valence-electron chi connectivity index (χ3n) is 3.55. The van der Waals surface area contributed by atoms with Crippen LogP contribution in [0.15, 0.2) is 58.8 Å². The lowest BCUT2D eigenvalue weighted by Crippen LogP contribution is -2.10. The van der Waals surface area contributed by atoms with Crippen LogP contribution in [0.3, 0.4) is 0 Å². The summed E-state index contributed by atoms with van der Waals surface area (Å²) in [6.07, 6.45) is 0. The van der Waals surface area contributed by atoms with Gasteiger partial charge < -0.3 is 0 Å². The van der Waals surface area contributed by atoms with Crippen molar-refractivity contribution >= 4 is 28.3 Å². The summed E-state index contributed by atoms with van der Waals surface area (Å²) in [6.45, 7) is 5.48. The normalized spacial score (nSPS) is 11.4. The molecular weight excluding hydrogens is 348 g/mol. The topological polar surface area (TPSA) is 85.1 Å². The average molecular weight is 366 g/mol. The van der Waals surface area contributed by atoms with E-state index in [4.69, 9.17) is 0 Å². The first-order valence-electron chi connectivity index (χ1n) is 7.97. The fraction of sp³-hybridized carbons (Fsp3) is 0.167. The number of nitrogens with one attached hydrogen (secondary N) is 1. The average Bonchev–Trinajstić information content (AvgIpc) is 3.08. The predicted molar refractivity (Wildman–Crippen MR) is 103 cm³/mol. The third kappa shape index (κ3) is 4.34. The largest absolute Gasteiger partial charge is 0.292 e. The summed E-state index contributed by atoms with van der Waals surface area (Å²) < 4.78 is 1.58. The van der Waals surface area contributed by atoms with Crippen LogP contribution in [0.25, 0.3) is 5.69 Å². The van der Waals surface area contributed by atoms with Gasteiger partial charge in [-0.15, -0.1) is 5.10 Å². The highest BCUT2D eigenvalue weighted by Gasteiger charge is 2.16. The second-order valence-corrected chi connectivity index (χ2v) is 6.72. The van der Waals surface area contributed by atoms with Crippen molar-refractivity contribution in [1.82, 2.24) is 20.2 Å². The van der Waals surface area contributed by atoms with Gasteiger partial charge >= 0.3 is 0 Å². The first kappa shape index (κ1) is 17.8. The van der Waals surface area contributed by atoms with Gasteiger partial charge in [-0.05, 0) is 60.3 Å². The number of hydrazone groups is 1. The maximum Gasteiger partial charge on any atom is 0.220 e. The van der Waals surface area contributed by atoms with E-state index >= 15 is 0 Å². The van der Waals surface area contributed by atoms with Crippen LogP contribution in [-0.2, 0) is 4.79 Å². The number of benzene rings is 2. The van der Waals surface area contributed by atoms with Gasteiger partial charge in [-0.1, -0.05) is 35.4 Å². The molecule has 0 fully saturated rings. The molecule has 0 saturated carbocycles. The number of aromatic nitrogens is 4. The maximum absolute atomic E-state index is 12.0. The Morgan fingerprint density at radius 1 is 1.04 bits per heavy atom. The molecule has 3 aromatic rings. The zero-order valence-electron chi connectivity index (χ0n) is 14.7. The van der Waals surface area contributed by atoms with Gasteiger partial charge in [-0.2, -0.15) is 9.78 Å². The van der Waals surface area contributed by atoms with Gasteiger partial charge in [0.1, 0.15) is 0 Å². The van der Waals surface area contributed by atoms with Crippen molar-refractivity contribution in [2.45, 2.75) is 25.9 Å². The van der Waals surface area contributed by atoms with E-state index in [9.17, 15) is 4.79 Å². The Bertz CT molecular complexity index is 931. The number of anilines is 1. The predicted octanol–water partition coefficient (Wildman–Crippen LogP) is 3.39. The van der Waals surface area contributed by atoms with Crippen LogP contribution in [0.2, 0.25) is 0 Å². The number of tetrazole rings is 1. The van der Waals surface area contributed by atoms with Crippen LogP contribution >= 0.6 is 11.8 Å². The lowest BCUT2D eigenvalue weighted by atomic mass is 10.2. The smallest absolute Gasteiger partial charge is 0.220 e. The van der Waals surface area contributed by atoms with E-state index in [-0.39, 0.29) is 10.8 Å². The molecule has 7 nitrogen and oxygen atoms in total. The van der Waals surface area contributed by atoms with E-state index in [1.807, 2.05) is 62.4 Å². The second kappa shape index (κ2) is 7.92. The first-order valence-corrected chi connectivity index (χ1v) is 8.79. The molecule has 0 radical (unpaired) electrons. The number of carbonyl (C=O) groups excluding carboxylic acids is 1. The van der Waals surface area contributed by atoms with E-state index in [0.717, 1.165) is 34.3 Å². The fourth-order valence-electron chi connectivity index (χ4n) is 2.09. The third-order valence-corrected chi connectivity index (χ3v) is 4.56. The number of hydrogen-bond donors (Lipinski definition) is 1. The summed E-state index contributed by atoms with van der Waals surface area (Å²) in [7, 11) is 0. The summed E-state index contributed by atoms with van der Waals surface area (Å²) >= 11 is 1.12. The summed E-state index contributed by atoms with van der Waals surface area (Å²) in [6, 6.07) is 15.5. The van der Waals surface area contributed by atoms with Crippen LogP contribution in [0, 0.1) is 13.8 Å². The maximum atomic E-state index is 12.0. The second-order valence-electron chi connectivity index (χ2n) is 5.76. The van der Waals surface area contributed by atoms with Crippen LogP contribution in [0.4, 0.5) is 5.69 Å². The van der Waals surface area contributed by atoms with Crippen molar-refractivity contribution in [2.24, 2.45) is 5.10 Å². The van der Waals surface area contributed by atoms with Gasteiger partial charge in [0.05, 0.1) is 11.4 Å². The molecule has 0 unspecified atom stereocenters. The van der Waals surface area contributed by atoms with Crippen molar-refractivity contribution in [3.05, 3.63) is 59.7 Å². The van der Waals surface area contributed by atoms with Gasteiger partial charge in [0.2, 0.25) is 5.16 Å². The molecule has 0 aliphatic rings. The van der Waals surface area contributed by atoms with Crippen molar-refractivity contribution in [2.75, 3.05) is 5.43 Å². The van der Waals surface area contributed by atoms with E-state index in [1.165, 1.54) is 6.92 Å². The quantitative estimate of drug-likeness (QED) is 0.322. The minimum atomic E-state index is -0.173. The lowest BCUT2D eigenvalue weighted by Gasteiger charge is -2.06. The minimum Gasteiger partial charge on any atom is -0.292 e. The molecule has 0 saturated heterocycles. The number of Topliss-reactive ketones (excluding diaryl/α,β-unsaturated/α-hetero) is 1. The molecule has 0 amide bonds. The molecular formula is C18H18N6OS. The van der Waals surface area contributed by atoms with Gasteiger partial charge in [-0.25, -0.2) is 0 Å². The molecule has 3 rings (SSSR count). The first-order chi connectivity index (χ1) is 12.5. The molecule has 0 spiro atoms. The Hall–Kier alpha value is -3.00. The van der Waals surface area contributed by atoms with Crippen molar-refractivity contribution < 1.29 is 4.79 Å². The van der Waals surface area contributed by atoms with E-state index < -0.39 is 0 Å². The number of nitrogens with zero attached hydrogens (tertiary/aromatic N) is 5. The van der Waals surface area contributed by atoms with E-state index in [0.29, 0.717) is 5.16 Å². The molecule has 2 aromatic carbocycles. The zero-order valence-corrected chi connectivity index (χ0v) is 15.5. The molecule has 0 atom stereocenters. The highest BCUT2D eigenvalue weighted by Crippen LogP contribution is 2.21. The monoisotopic (exact) mass is 366 g/mol. The SMILES string of the molecule is CC(=O)/C(=N/Nc1ccc(C)cc1)Sc1nnnn1-c1ccc(C)cc1. The summed E-state index contributed by atoms with van der Waals surface area (Å²) in [5.74, 6) is -0.173. The molecule has 8 heteroatoms. The zero-order chi connectivity index (χ0) is 18.5.